The molecule has 0 atom stereocenters. The summed E-state index contributed by atoms with van der Waals surface area (Å²) in [5.74, 6) is 0.291. The molecule has 2 fully saturated rings. The third-order valence-corrected chi connectivity index (χ3v) is 4.52. The lowest BCUT2D eigenvalue weighted by molar-refractivity contribution is -0.385. The molecule has 0 bridgehead atoms. The van der Waals surface area contributed by atoms with Crippen LogP contribution in [0.3, 0.4) is 0 Å². The van der Waals surface area contributed by atoms with Gasteiger partial charge in [0.15, 0.2) is 5.75 Å². The van der Waals surface area contributed by atoms with Crippen molar-refractivity contribution in [2.24, 2.45) is 0 Å². The van der Waals surface area contributed by atoms with Gasteiger partial charge in [0.25, 0.3) is 0 Å². The van der Waals surface area contributed by atoms with Gasteiger partial charge in [0.1, 0.15) is 0 Å². The predicted molar refractivity (Wildman–Crippen MR) is 82.5 cm³/mol. The Labute approximate surface area is 130 Å². The molecule has 1 aromatic rings. The van der Waals surface area contributed by atoms with E-state index < -0.39 is 23.2 Å². The van der Waals surface area contributed by atoms with Crippen LogP contribution in [-0.2, 0) is 9.31 Å². The molecule has 1 aliphatic heterocycles. The van der Waals surface area contributed by atoms with Crippen molar-refractivity contribution < 1.29 is 19.0 Å². The fourth-order valence-electron chi connectivity index (χ4n) is 2.27. The second-order valence-corrected chi connectivity index (χ2v) is 6.89. The van der Waals surface area contributed by atoms with E-state index in [1.807, 2.05) is 27.7 Å². The van der Waals surface area contributed by atoms with Crippen LogP contribution >= 0.6 is 0 Å². The summed E-state index contributed by atoms with van der Waals surface area (Å²) in [4.78, 5) is 10.7. The van der Waals surface area contributed by atoms with Crippen LogP contribution in [0, 0.1) is 10.1 Å². The van der Waals surface area contributed by atoms with Gasteiger partial charge in [-0.05, 0) is 52.1 Å². The fraction of sp³-hybridized carbons (Fsp3) is 0.600. The molecule has 118 valence electrons. The molecule has 1 aliphatic carbocycles. The first-order chi connectivity index (χ1) is 10.2. The zero-order valence-corrected chi connectivity index (χ0v) is 13.3. The third kappa shape index (κ3) is 2.70. The lowest BCUT2D eigenvalue weighted by Crippen LogP contribution is -2.41. The van der Waals surface area contributed by atoms with Gasteiger partial charge in [-0.25, -0.2) is 0 Å². The molecule has 1 aromatic carbocycles. The smallest absolute Gasteiger partial charge is 0.484 e. The molecule has 3 rings (SSSR count). The lowest BCUT2D eigenvalue weighted by Gasteiger charge is -2.32. The van der Waals surface area contributed by atoms with Crippen LogP contribution in [0.5, 0.6) is 5.75 Å². The van der Waals surface area contributed by atoms with Gasteiger partial charge in [-0.3, -0.25) is 10.1 Å². The number of ether oxygens (including phenoxy) is 1. The zero-order chi connectivity index (χ0) is 16.1. The Bertz CT molecular complexity index is 596. The minimum Gasteiger partial charge on any atom is -0.484 e. The van der Waals surface area contributed by atoms with Crippen molar-refractivity contribution in [3.63, 3.8) is 0 Å². The topological polar surface area (TPSA) is 70.8 Å². The molecule has 7 heteroatoms. The Balaban J connectivity index is 1.90. The van der Waals surface area contributed by atoms with Gasteiger partial charge in [0, 0.05) is 6.07 Å². The zero-order valence-electron chi connectivity index (χ0n) is 13.3. The summed E-state index contributed by atoms with van der Waals surface area (Å²) >= 11 is 0. The first-order valence-electron chi connectivity index (χ1n) is 7.50. The molecule has 0 radical (unpaired) electrons. The van der Waals surface area contributed by atoms with Crippen molar-refractivity contribution in [1.82, 2.24) is 0 Å². The highest BCUT2D eigenvalue weighted by molar-refractivity contribution is 6.62. The minimum atomic E-state index is -0.549. The van der Waals surface area contributed by atoms with Crippen molar-refractivity contribution in [2.45, 2.75) is 57.8 Å². The van der Waals surface area contributed by atoms with Gasteiger partial charge in [0.05, 0.1) is 22.2 Å². The molecule has 1 saturated carbocycles. The normalized spacial score (nSPS) is 22.6. The number of hydrogen-bond acceptors (Lipinski definition) is 5. The van der Waals surface area contributed by atoms with E-state index in [0.717, 1.165) is 18.3 Å². The quantitative estimate of drug-likeness (QED) is 0.485. The van der Waals surface area contributed by atoms with Crippen LogP contribution in [-0.4, -0.2) is 29.3 Å². The highest BCUT2D eigenvalue weighted by Crippen LogP contribution is 2.38. The predicted octanol–water partition coefficient (Wildman–Crippen LogP) is 2.44. The van der Waals surface area contributed by atoms with Crippen molar-refractivity contribution in [3.05, 3.63) is 28.3 Å². The Morgan fingerprint density at radius 2 is 1.82 bits per heavy atom. The van der Waals surface area contributed by atoms with E-state index in [-0.39, 0.29) is 11.8 Å². The van der Waals surface area contributed by atoms with Crippen molar-refractivity contribution in [3.8, 4) is 5.75 Å². The van der Waals surface area contributed by atoms with Crippen LogP contribution in [0.2, 0.25) is 0 Å². The monoisotopic (exact) mass is 305 g/mol. The first kappa shape index (κ1) is 15.3. The Morgan fingerprint density at radius 1 is 1.23 bits per heavy atom. The molecular formula is C15H20BNO5. The third-order valence-electron chi connectivity index (χ3n) is 4.52. The van der Waals surface area contributed by atoms with Crippen molar-refractivity contribution in [2.75, 3.05) is 0 Å². The van der Waals surface area contributed by atoms with Gasteiger partial charge in [-0.1, -0.05) is 6.07 Å². The average Bonchev–Trinajstić information content (AvgIpc) is 3.17. The van der Waals surface area contributed by atoms with Crippen LogP contribution in [0.15, 0.2) is 18.2 Å². The molecule has 22 heavy (non-hydrogen) atoms. The largest absolute Gasteiger partial charge is 0.494 e. The van der Waals surface area contributed by atoms with Gasteiger partial charge in [-0.2, -0.15) is 0 Å². The maximum Gasteiger partial charge on any atom is 0.494 e. The molecule has 6 nitrogen and oxygen atoms in total. The SMILES string of the molecule is CC1(C)OB(c2ccc([N+](=O)[O-])c(OC3CC3)c2)OC1(C)C. The Hall–Kier alpha value is -1.60. The molecule has 0 N–H and O–H groups in total. The van der Waals surface area contributed by atoms with Gasteiger partial charge in [-0.15, -0.1) is 0 Å². The second-order valence-electron chi connectivity index (χ2n) is 6.89. The summed E-state index contributed by atoms with van der Waals surface area (Å²) in [6, 6.07) is 4.79. The second kappa shape index (κ2) is 4.96. The van der Waals surface area contributed by atoms with Crippen LogP contribution in [0.1, 0.15) is 40.5 Å². The molecule has 0 amide bonds. The maximum atomic E-state index is 11.1. The molecule has 0 unspecified atom stereocenters. The van der Waals surface area contributed by atoms with E-state index in [0.29, 0.717) is 5.75 Å². The molecule has 0 aromatic heterocycles. The summed E-state index contributed by atoms with van der Waals surface area (Å²) < 4.78 is 17.6. The van der Waals surface area contributed by atoms with E-state index in [1.54, 1.807) is 12.1 Å². The number of rotatable bonds is 4. The van der Waals surface area contributed by atoms with Crippen molar-refractivity contribution in [1.29, 1.82) is 0 Å². The number of nitro benzene ring substituents is 1. The highest BCUT2D eigenvalue weighted by Gasteiger charge is 2.52. The van der Waals surface area contributed by atoms with E-state index in [4.69, 9.17) is 14.0 Å². The standard InChI is InChI=1S/C15H20BNO5/c1-14(2)15(3,4)22-16(21-14)10-5-8-12(17(18)19)13(9-10)20-11-6-7-11/h5,8-9,11H,6-7H2,1-4H3. The first-order valence-corrected chi connectivity index (χ1v) is 7.50. The van der Waals surface area contributed by atoms with Gasteiger partial charge in [0.2, 0.25) is 0 Å². The number of benzene rings is 1. The molecule has 1 heterocycles. The highest BCUT2D eigenvalue weighted by atomic mass is 16.7. The molecular weight excluding hydrogens is 285 g/mol. The van der Waals surface area contributed by atoms with E-state index in [1.165, 1.54) is 6.07 Å². The van der Waals surface area contributed by atoms with Crippen LogP contribution in [0.4, 0.5) is 5.69 Å². The molecule has 1 saturated heterocycles. The van der Waals surface area contributed by atoms with Gasteiger partial charge < -0.3 is 14.0 Å². The summed E-state index contributed by atoms with van der Waals surface area (Å²) in [7, 11) is -0.549. The fourth-order valence-corrected chi connectivity index (χ4v) is 2.27. The molecule has 2 aliphatic rings. The molecule has 0 spiro atoms. The minimum absolute atomic E-state index is 0.0211. The lowest BCUT2D eigenvalue weighted by atomic mass is 9.79. The van der Waals surface area contributed by atoms with E-state index in [2.05, 4.69) is 0 Å². The number of nitro groups is 1. The average molecular weight is 305 g/mol. The van der Waals surface area contributed by atoms with Gasteiger partial charge >= 0.3 is 12.8 Å². The van der Waals surface area contributed by atoms with Crippen molar-refractivity contribution >= 4 is 18.3 Å². The van der Waals surface area contributed by atoms with Crippen LogP contribution < -0.4 is 10.2 Å². The summed E-state index contributed by atoms with van der Waals surface area (Å²) in [5, 5.41) is 11.1. The maximum absolute atomic E-state index is 11.1. The van der Waals surface area contributed by atoms with E-state index >= 15 is 0 Å². The number of nitrogens with zero attached hydrogens (tertiary/aromatic N) is 1. The number of hydrogen-bond donors (Lipinski definition) is 0. The summed E-state index contributed by atoms with van der Waals surface area (Å²) in [6.45, 7) is 7.89. The van der Waals surface area contributed by atoms with E-state index in [9.17, 15) is 10.1 Å². The Morgan fingerprint density at radius 3 is 2.32 bits per heavy atom. The van der Waals surface area contributed by atoms with Crippen LogP contribution in [0.25, 0.3) is 0 Å². The summed E-state index contributed by atoms with van der Waals surface area (Å²) in [5.41, 5.74) is -0.180. The Kier molecular flexibility index (Phi) is 3.45. The summed E-state index contributed by atoms with van der Waals surface area (Å²) in [6.07, 6.45) is 1.97.